The first-order chi connectivity index (χ1) is 10.1. The van der Waals surface area contributed by atoms with Crippen molar-refractivity contribution in [1.82, 2.24) is 0 Å². The van der Waals surface area contributed by atoms with Crippen molar-refractivity contribution in [3.8, 4) is 11.5 Å². The van der Waals surface area contributed by atoms with Crippen molar-refractivity contribution in [3.05, 3.63) is 53.1 Å². The number of methoxy groups -OCH3 is 1. The number of anilines is 1. The van der Waals surface area contributed by atoms with Gasteiger partial charge in [-0.3, -0.25) is 0 Å². The van der Waals surface area contributed by atoms with Crippen molar-refractivity contribution in [2.75, 3.05) is 19.0 Å². The van der Waals surface area contributed by atoms with E-state index in [9.17, 15) is 0 Å². The maximum absolute atomic E-state index is 5.61. The molecular formula is C18H23NO2. The van der Waals surface area contributed by atoms with E-state index in [2.05, 4.69) is 43.4 Å². The Labute approximate surface area is 126 Å². The van der Waals surface area contributed by atoms with Crippen LogP contribution in [0.1, 0.15) is 23.6 Å². The maximum Gasteiger partial charge on any atom is 0.161 e. The highest BCUT2D eigenvalue weighted by Crippen LogP contribution is 2.28. The van der Waals surface area contributed by atoms with E-state index in [0.717, 1.165) is 23.7 Å². The molecule has 0 atom stereocenters. The van der Waals surface area contributed by atoms with Gasteiger partial charge in [-0.15, -0.1) is 0 Å². The Morgan fingerprint density at radius 1 is 0.952 bits per heavy atom. The monoisotopic (exact) mass is 285 g/mol. The summed E-state index contributed by atoms with van der Waals surface area (Å²) in [6, 6.07) is 12.5. The fraction of sp³-hybridized carbons (Fsp3) is 0.333. The molecule has 0 bridgehead atoms. The third kappa shape index (κ3) is 4.15. The van der Waals surface area contributed by atoms with Gasteiger partial charge in [-0.1, -0.05) is 12.1 Å². The second-order valence-corrected chi connectivity index (χ2v) is 5.15. The summed E-state index contributed by atoms with van der Waals surface area (Å²) in [5, 5.41) is 3.45. The molecule has 0 amide bonds. The highest BCUT2D eigenvalue weighted by molar-refractivity contribution is 5.50. The van der Waals surface area contributed by atoms with Crippen LogP contribution in [0, 0.1) is 13.8 Å². The highest BCUT2D eigenvalue weighted by Gasteiger charge is 2.05. The number of hydrogen-bond acceptors (Lipinski definition) is 3. The van der Waals surface area contributed by atoms with E-state index in [1.165, 1.54) is 16.7 Å². The quantitative estimate of drug-likeness (QED) is 0.857. The highest BCUT2D eigenvalue weighted by atomic mass is 16.5. The summed E-state index contributed by atoms with van der Waals surface area (Å²) >= 11 is 0. The number of hydrogen-bond donors (Lipinski definition) is 1. The molecule has 0 aliphatic rings. The van der Waals surface area contributed by atoms with E-state index in [0.29, 0.717) is 6.61 Å². The Bertz CT molecular complexity index is 588. The van der Waals surface area contributed by atoms with Gasteiger partial charge in [0.25, 0.3) is 0 Å². The Morgan fingerprint density at radius 3 is 2.29 bits per heavy atom. The van der Waals surface area contributed by atoms with Crippen LogP contribution in [0.15, 0.2) is 36.4 Å². The molecular weight excluding hydrogens is 262 g/mol. The summed E-state index contributed by atoms with van der Waals surface area (Å²) < 4.78 is 10.9. The lowest BCUT2D eigenvalue weighted by molar-refractivity contribution is 0.310. The molecule has 0 radical (unpaired) electrons. The van der Waals surface area contributed by atoms with Gasteiger partial charge in [0, 0.05) is 12.2 Å². The van der Waals surface area contributed by atoms with Gasteiger partial charge >= 0.3 is 0 Å². The van der Waals surface area contributed by atoms with Gasteiger partial charge in [0.05, 0.1) is 13.7 Å². The minimum atomic E-state index is 0.629. The number of ether oxygens (including phenoxy) is 2. The van der Waals surface area contributed by atoms with Crippen molar-refractivity contribution in [2.24, 2.45) is 0 Å². The van der Waals surface area contributed by atoms with Crippen LogP contribution in [0.25, 0.3) is 0 Å². The third-order valence-electron chi connectivity index (χ3n) is 3.25. The fourth-order valence-electron chi connectivity index (χ4n) is 2.38. The van der Waals surface area contributed by atoms with Crippen LogP contribution in [-0.4, -0.2) is 13.7 Å². The molecule has 0 heterocycles. The van der Waals surface area contributed by atoms with Crippen molar-refractivity contribution >= 4 is 5.69 Å². The fourth-order valence-corrected chi connectivity index (χ4v) is 2.38. The average molecular weight is 285 g/mol. The smallest absolute Gasteiger partial charge is 0.161 e. The van der Waals surface area contributed by atoms with Crippen LogP contribution >= 0.6 is 0 Å². The minimum Gasteiger partial charge on any atom is -0.493 e. The zero-order valence-corrected chi connectivity index (χ0v) is 13.2. The Morgan fingerprint density at radius 2 is 1.67 bits per heavy atom. The zero-order valence-electron chi connectivity index (χ0n) is 13.2. The number of nitrogens with one attached hydrogen (secondary N) is 1. The molecule has 0 saturated carbocycles. The summed E-state index contributed by atoms with van der Waals surface area (Å²) in [4.78, 5) is 0. The molecule has 0 aliphatic heterocycles. The molecule has 0 aromatic heterocycles. The van der Waals surface area contributed by atoms with Gasteiger partial charge in [0.2, 0.25) is 0 Å². The lowest BCUT2D eigenvalue weighted by Crippen LogP contribution is -2.02. The van der Waals surface area contributed by atoms with Crippen LogP contribution in [-0.2, 0) is 6.54 Å². The average Bonchev–Trinajstić information content (AvgIpc) is 2.45. The molecule has 3 nitrogen and oxygen atoms in total. The summed E-state index contributed by atoms with van der Waals surface area (Å²) in [5.74, 6) is 1.56. The van der Waals surface area contributed by atoms with Crippen LogP contribution in [0.2, 0.25) is 0 Å². The molecule has 2 aromatic rings. The van der Waals surface area contributed by atoms with E-state index < -0.39 is 0 Å². The van der Waals surface area contributed by atoms with Crippen molar-refractivity contribution < 1.29 is 9.47 Å². The summed E-state index contributed by atoms with van der Waals surface area (Å²) in [5.41, 5.74) is 4.84. The molecule has 2 rings (SSSR count). The molecule has 2 aromatic carbocycles. The molecule has 3 heteroatoms. The van der Waals surface area contributed by atoms with Crippen LogP contribution in [0.3, 0.4) is 0 Å². The first kappa shape index (κ1) is 15.2. The molecule has 112 valence electrons. The summed E-state index contributed by atoms with van der Waals surface area (Å²) in [6.07, 6.45) is 0. The maximum atomic E-state index is 5.61. The first-order valence-corrected chi connectivity index (χ1v) is 7.24. The Hall–Kier alpha value is -2.16. The van der Waals surface area contributed by atoms with Gasteiger partial charge in [-0.05, 0) is 61.7 Å². The lowest BCUT2D eigenvalue weighted by atomic mass is 10.1. The SMILES string of the molecule is CCOc1cc(CNc2cc(C)cc(C)c2)ccc1OC. The topological polar surface area (TPSA) is 30.5 Å². The van der Waals surface area contributed by atoms with Crippen molar-refractivity contribution in [3.63, 3.8) is 0 Å². The normalized spacial score (nSPS) is 10.3. The van der Waals surface area contributed by atoms with Gasteiger partial charge < -0.3 is 14.8 Å². The van der Waals surface area contributed by atoms with E-state index in [1.807, 2.05) is 19.1 Å². The van der Waals surface area contributed by atoms with Gasteiger partial charge in [-0.25, -0.2) is 0 Å². The van der Waals surface area contributed by atoms with Crippen LogP contribution in [0.4, 0.5) is 5.69 Å². The Balaban J connectivity index is 2.10. The zero-order chi connectivity index (χ0) is 15.2. The van der Waals surface area contributed by atoms with E-state index in [1.54, 1.807) is 7.11 Å². The molecule has 0 unspecified atom stereocenters. The van der Waals surface area contributed by atoms with Gasteiger partial charge in [-0.2, -0.15) is 0 Å². The summed E-state index contributed by atoms with van der Waals surface area (Å²) in [6.45, 7) is 7.58. The minimum absolute atomic E-state index is 0.629. The molecule has 0 saturated heterocycles. The predicted molar refractivity (Wildman–Crippen MR) is 87.4 cm³/mol. The molecule has 0 spiro atoms. The predicted octanol–water partition coefficient (Wildman–Crippen LogP) is 4.32. The largest absolute Gasteiger partial charge is 0.493 e. The number of rotatable bonds is 6. The lowest BCUT2D eigenvalue weighted by Gasteiger charge is -2.12. The Kier molecular flexibility index (Phi) is 5.09. The van der Waals surface area contributed by atoms with Gasteiger partial charge in [0.15, 0.2) is 11.5 Å². The van der Waals surface area contributed by atoms with Gasteiger partial charge in [0.1, 0.15) is 0 Å². The number of aryl methyl sites for hydroxylation is 2. The molecule has 0 aliphatic carbocycles. The number of benzene rings is 2. The molecule has 21 heavy (non-hydrogen) atoms. The third-order valence-corrected chi connectivity index (χ3v) is 3.25. The van der Waals surface area contributed by atoms with E-state index in [4.69, 9.17) is 9.47 Å². The first-order valence-electron chi connectivity index (χ1n) is 7.24. The van der Waals surface area contributed by atoms with E-state index >= 15 is 0 Å². The van der Waals surface area contributed by atoms with Crippen LogP contribution in [0.5, 0.6) is 11.5 Å². The summed E-state index contributed by atoms with van der Waals surface area (Å²) in [7, 11) is 1.66. The van der Waals surface area contributed by atoms with Crippen LogP contribution < -0.4 is 14.8 Å². The van der Waals surface area contributed by atoms with Crippen molar-refractivity contribution in [1.29, 1.82) is 0 Å². The molecule has 1 N–H and O–H groups in total. The standard InChI is InChI=1S/C18H23NO2/c1-5-21-18-11-15(6-7-17(18)20-4)12-19-16-9-13(2)8-14(3)10-16/h6-11,19H,5,12H2,1-4H3. The molecule has 0 fully saturated rings. The van der Waals surface area contributed by atoms with E-state index in [-0.39, 0.29) is 0 Å². The second kappa shape index (κ2) is 7.02. The van der Waals surface area contributed by atoms with Crippen molar-refractivity contribution in [2.45, 2.75) is 27.3 Å². The second-order valence-electron chi connectivity index (χ2n) is 5.15.